The number of esters is 2. The summed E-state index contributed by atoms with van der Waals surface area (Å²) in [7, 11) is 0. The number of hydrogen-bond acceptors (Lipinski definition) is 21. The molecule has 1 atom stereocenters. The quantitative estimate of drug-likeness (QED) is 0.00987. The van der Waals surface area contributed by atoms with Crippen LogP contribution in [0.3, 0.4) is 0 Å². The van der Waals surface area contributed by atoms with Crippen molar-refractivity contribution in [3.05, 3.63) is 223 Å². The molecule has 11 rings (SSSR count). The van der Waals surface area contributed by atoms with Gasteiger partial charge in [-0.1, -0.05) is 52.5 Å². The van der Waals surface area contributed by atoms with Gasteiger partial charge < -0.3 is 58.4 Å². The number of hydrogen-bond donors (Lipinski definition) is 4. The van der Waals surface area contributed by atoms with Crippen molar-refractivity contribution in [1.82, 2.24) is 10.3 Å². The molecule has 478 valence electrons. The third-order valence-electron chi connectivity index (χ3n) is 14.0. The Morgan fingerprint density at radius 3 is 2.04 bits per heavy atom. The van der Waals surface area contributed by atoms with Crippen LogP contribution < -0.4 is 30.3 Å². The molecule has 4 heterocycles. The van der Waals surface area contributed by atoms with Gasteiger partial charge in [-0.15, -0.1) is 0 Å². The fourth-order valence-corrected chi connectivity index (χ4v) is 10.5. The lowest BCUT2D eigenvalue weighted by Crippen LogP contribution is -2.33. The molecule has 0 fully saturated rings. The van der Waals surface area contributed by atoms with Crippen LogP contribution in [-0.2, 0) is 34.1 Å². The SMILES string of the molecule is CC(=O)Oc1cc2c(cc1Cl)C1(OC(=O)c3ccc(OC=O)cc31)c1cc(Cl)c(C)cc1O2.O=C(NCCOCCOCCOCCNc1ccc([N+](=O)[O-])cc1[N+](=O)[O-])c1ccc(C(=O)O)c(-c2c3cc(Cl)c(=O)cc-3oc3cc(O)c(Cl)cc23)c1.c1ccncc1. The van der Waals surface area contributed by atoms with E-state index in [0.717, 1.165) is 17.7 Å². The standard InChI is InChI=1S/C35H30Cl2N4O13.C24H14Cl2O7.C5H5N/c36-25-15-23-31(17-29(25)42)54-32-18-30(43)26(37)16-24(32)33(23)22-13-19(1-3-21(22)35(45)46)34(44)39-6-8-52-10-12-53-11-9-51-7-5-38-27-4-2-20(40(47)48)14-28(27)41(49)50;1-11-5-20-16(7-18(11)25)24(15-6-13(30-10-27)3-4-14(15)23(29)33-24)17-8-19(26)22(31-12(2)28)9-21(17)32-20;1-2-4-6-5-3-1/h1-4,13-18,38,42H,5-12H2,(H,39,44)(H,45,46);3-10H,1-2H3;1-5H. The third-order valence-corrected chi connectivity index (χ3v) is 15.3. The largest absolute Gasteiger partial charge is 0.506 e. The number of carbonyl (C=O) groups excluding carboxylic acids is 4. The maximum atomic E-state index is 13.1. The van der Waals surface area contributed by atoms with Crippen LogP contribution in [0.2, 0.25) is 20.1 Å². The number of aromatic carboxylic acids is 1. The highest BCUT2D eigenvalue weighted by Crippen LogP contribution is 2.59. The average Bonchev–Trinajstić information content (AvgIpc) is 1.62. The molecular weight excluding hydrogens is 1300 g/mol. The van der Waals surface area contributed by atoms with Gasteiger partial charge in [0, 0.05) is 100 Å². The van der Waals surface area contributed by atoms with Gasteiger partial charge in [0.05, 0.1) is 81.7 Å². The predicted octanol–water partition coefficient (Wildman–Crippen LogP) is 12.4. The number of fused-ring (bicyclic) bond motifs is 8. The first-order chi connectivity index (χ1) is 44.6. The number of nitrogens with one attached hydrogen (secondary N) is 2. The highest BCUT2D eigenvalue weighted by Gasteiger charge is 2.54. The van der Waals surface area contributed by atoms with Gasteiger partial charge in [-0.3, -0.25) is 44.4 Å². The zero-order valence-corrected chi connectivity index (χ0v) is 51.6. The van der Waals surface area contributed by atoms with Gasteiger partial charge in [-0.05, 0) is 103 Å². The topological polar surface area (TPSA) is 344 Å². The van der Waals surface area contributed by atoms with Gasteiger partial charge in [-0.2, -0.15) is 0 Å². The van der Waals surface area contributed by atoms with Crippen LogP contribution in [0, 0.1) is 27.2 Å². The Morgan fingerprint density at radius 2 is 1.40 bits per heavy atom. The van der Waals surface area contributed by atoms with E-state index in [4.69, 9.17) is 84.0 Å². The summed E-state index contributed by atoms with van der Waals surface area (Å²) in [4.78, 5) is 97.7. The summed E-state index contributed by atoms with van der Waals surface area (Å²) >= 11 is 25.2. The summed E-state index contributed by atoms with van der Waals surface area (Å²) in [5.74, 6) is -2.21. The van der Waals surface area contributed by atoms with Gasteiger partial charge in [0.1, 0.15) is 40.0 Å². The number of nitro groups is 2. The van der Waals surface area contributed by atoms with Gasteiger partial charge in [0.2, 0.25) is 5.43 Å². The summed E-state index contributed by atoms with van der Waals surface area (Å²) in [5, 5.41) is 48.5. The molecule has 0 saturated carbocycles. The van der Waals surface area contributed by atoms with Crippen molar-refractivity contribution in [2.75, 3.05) is 58.0 Å². The van der Waals surface area contributed by atoms with E-state index < -0.39 is 50.4 Å². The van der Waals surface area contributed by atoms with Gasteiger partial charge in [0.25, 0.3) is 23.8 Å². The predicted molar refractivity (Wildman–Crippen MR) is 338 cm³/mol. The second-order valence-corrected chi connectivity index (χ2v) is 21.6. The fourth-order valence-electron chi connectivity index (χ4n) is 9.83. The van der Waals surface area contributed by atoms with Crippen molar-refractivity contribution in [2.45, 2.75) is 19.4 Å². The van der Waals surface area contributed by atoms with Gasteiger partial charge >= 0.3 is 17.9 Å². The molecule has 0 radical (unpaired) electrons. The molecule has 1 aromatic heterocycles. The first-order valence-electron chi connectivity index (χ1n) is 27.6. The number of carboxylic acid groups (broad SMARTS) is 1. The van der Waals surface area contributed by atoms with E-state index in [1.807, 2.05) is 25.1 Å². The van der Waals surface area contributed by atoms with E-state index in [1.165, 1.54) is 79.7 Å². The van der Waals surface area contributed by atoms with Crippen LogP contribution in [0.5, 0.6) is 28.7 Å². The van der Waals surface area contributed by atoms with Crippen LogP contribution in [0.1, 0.15) is 60.3 Å². The van der Waals surface area contributed by atoms with E-state index in [9.17, 15) is 59.2 Å². The zero-order valence-electron chi connectivity index (χ0n) is 48.5. The van der Waals surface area contributed by atoms with E-state index in [-0.39, 0.29) is 147 Å². The number of nitrogens with zero attached hydrogens (tertiary/aromatic N) is 3. The molecule has 1 aliphatic carbocycles. The molecule has 6 aromatic carbocycles. The number of carboxylic acids is 1. The van der Waals surface area contributed by atoms with Gasteiger partial charge in [0.15, 0.2) is 11.4 Å². The third kappa shape index (κ3) is 15.2. The molecule has 0 bridgehead atoms. The van der Waals surface area contributed by atoms with Crippen molar-refractivity contribution in [3.8, 4) is 51.2 Å². The monoisotopic (exact) mass is 1350 g/mol. The number of pyridine rings is 1. The number of phenolic OH excluding ortho intramolecular Hbond substituents is 1. The summed E-state index contributed by atoms with van der Waals surface area (Å²) in [6.45, 7) is 4.93. The molecule has 1 spiro atoms. The van der Waals surface area contributed by atoms with E-state index >= 15 is 0 Å². The lowest BCUT2D eigenvalue weighted by atomic mass is 9.77. The van der Waals surface area contributed by atoms with Crippen LogP contribution in [0.25, 0.3) is 33.4 Å². The number of carbonyl (C=O) groups is 5. The van der Waals surface area contributed by atoms with E-state index in [2.05, 4.69) is 15.6 Å². The molecule has 1 unspecified atom stereocenters. The number of aryl methyl sites for hydroxylation is 1. The summed E-state index contributed by atoms with van der Waals surface area (Å²) in [6.07, 6.45) is 3.50. The van der Waals surface area contributed by atoms with Gasteiger partial charge in [-0.25, -0.2) is 9.59 Å². The number of anilines is 1. The Labute approximate surface area is 545 Å². The number of non-ortho nitro benzene ring substituents is 1. The molecule has 25 nitrogen and oxygen atoms in total. The molecule has 7 aromatic rings. The first-order valence-corrected chi connectivity index (χ1v) is 29.1. The summed E-state index contributed by atoms with van der Waals surface area (Å²) < 4.78 is 44.6. The molecule has 4 N–H and O–H groups in total. The molecule has 1 amide bonds. The number of aromatic hydroxyl groups is 1. The number of aromatic nitrogens is 1. The van der Waals surface area contributed by atoms with Crippen LogP contribution in [-0.4, -0.2) is 108 Å². The molecule has 4 aliphatic rings. The lowest BCUT2D eigenvalue weighted by molar-refractivity contribution is -0.393. The zero-order chi connectivity index (χ0) is 66.7. The maximum absolute atomic E-state index is 13.1. The Hall–Kier alpha value is -10.3. The lowest BCUT2D eigenvalue weighted by Gasteiger charge is -2.37. The Kier molecular flexibility index (Phi) is 21.5. The second kappa shape index (κ2) is 29.8. The summed E-state index contributed by atoms with van der Waals surface area (Å²) in [6, 6.07) is 29.1. The Bertz CT molecular complexity index is 4410. The number of amides is 1. The van der Waals surface area contributed by atoms with Crippen molar-refractivity contribution >= 4 is 105 Å². The number of nitro benzene ring substituents is 2. The number of halogens is 4. The maximum Gasteiger partial charge on any atom is 0.340 e. The van der Waals surface area contributed by atoms with Crippen molar-refractivity contribution < 1.29 is 81.6 Å². The Balaban J connectivity index is 0.000000219. The number of phenols is 1. The van der Waals surface area contributed by atoms with Crippen LogP contribution in [0.15, 0.2) is 143 Å². The molecule has 29 heteroatoms. The normalized spacial score (nSPS) is 13.2. The first kappa shape index (κ1) is 67.2. The Morgan fingerprint density at radius 1 is 0.710 bits per heavy atom. The highest BCUT2D eigenvalue weighted by molar-refractivity contribution is 6.34. The molecule has 3 aliphatic heterocycles. The highest BCUT2D eigenvalue weighted by atomic mass is 35.5. The average molecular weight is 1350 g/mol. The number of rotatable bonds is 21. The molecule has 0 saturated heterocycles. The fraction of sp³-hybridized carbons (Fsp3) is 0.172. The minimum atomic E-state index is -1.49. The van der Waals surface area contributed by atoms with Crippen molar-refractivity contribution in [3.63, 3.8) is 0 Å². The summed E-state index contributed by atoms with van der Waals surface area (Å²) in [5.41, 5.74) is 0.329. The number of benzene rings is 7. The van der Waals surface area contributed by atoms with E-state index in [0.29, 0.717) is 39.3 Å². The molecule has 93 heavy (non-hydrogen) atoms. The van der Waals surface area contributed by atoms with Crippen molar-refractivity contribution in [1.29, 1.82) is 0 Å². The van der Waals surface area contributed by atoms with E-state index in [1.54, 1.807) is 30.6 Å². The van der Waals surface area contributed by atoms with Crippen LogP contribution in [0.4, 0.5) is 17.1 Å². The molecular formula is C64H49Cl4N5O20. The van der Waals surface area contributed by atoms with Crippen LogP contribution >= 0.6 is 46.4 Å². The minimum absolute atomic E-state index is 0.0442. The number of ether oxygens (including phenoxy) is 7. The second-order valence-electron chi connectivity index (χ2n) is 19.9. The smallest absolute Gasteiger partial charge is 0.340 e. The minimum Gasteiger partial charge on any atom is -0.506 e. The van der Waals surface area contributed by atoms with Crippen molar-refractivity contribution in [2.24, 2.45) is 0 Å².